The van der Waals surface area contributed by atoms with Crippen LogP contribution < -0.4 is 0 Å². The minimum atomic E-state index is -4.87. The Labute approximate surface area is 167 Å². The Morgan fingerprint density at radius 1 is 1.00 bits per heavy atom. The number of fused-ring (bicyclic) bond motifs is 1. The Morgan fingerprint density at radius 2 is 1.69 bits per heavy atom. The molecule has 3 aromatic rings. The molecule has 1 heterocycles. The number of hydrogen-bond acceptors (Lipinski definition) is 2. The average Bonchev–Trinajstić information content (AvgIpc) is 2.62. The molecule has 0 aliphatic heterocycles. The summed E-state index contributed by atoms with van der Waals surface area (Å²) in [7, 11) is 0. The van der Waals surface area contributed by atoms with Crippen LogP contribution >= 0.6 is 0 Å². The molecule has 1 aromatic heterocycles. The first-order valence-electron chi connectivity index (χ1n) is 9.31. The van der Waals surface area contributed by atoms with Crippen LogP contribution in [0.2, 0.25) is 0 Å². The van der Waals surface area contributed by atoms with Gasteiger partial charge in [0.25, 0.3) is 0 Å². The maximum Gasteiger partial charge on any atom is 0.417 e. The average molecular weight is 405 g/mol. The fraction of sp³-hybridized carbons (Fsp3) is 0.348. The smallest absolute Gasteiger partial charge is 0.380 e. The van der Waals surface area contributed by atoms with E-state index in [9.17, 15) is 22.7 Å². The summed E-state index contributed by atoms with van der Waals surface area (Å²) in [5, 5.41) is 11.4. The van der Waals surface area contributed by atoms with E-state index >= 15 is 0 Å². The van der Waals surface area contributed by atoms with Crippen molar-refractivity contribution in [2.45, 2.75) is 50.8 Å². The summed E-state index contributed by atoms with van der Waals surface area (Å²) >= 11 is 0. The number of alkyl halides is 3. The quantitative estimate of drug-likeness (QED) is 0.537. The first-order valence-corrected chi connectivity index (χ1v) is 9.31. The van der Waals surface area contributed by atoms with Crippen molar-refractivity contribution in [3.63, 3.8) is 0 Å². The number of benzene rings is 2. The van der Waals surface area contributed by atoms with Gasteiger partial charge in [0.1, 0.15) is 5.82 Å². The van der Waals surface area contributed by atoms with E-state index in [1.165, 1.54) is 30.5 Å². The Morgan fingerprint density at radius 3 is 2.38 bits per heavy atom. The summed E-state index contributed by atoms with van der Waals surface area (Å²) in [6, 6.07) is 12.4. The minimum absolute atomic E-state index is 0.363. The molecule has 6 heteroatoms. The first kappa shape index (κ1) is 21.2. The molecule has 0 aliphatic rings. The van der Waals surface area contributed by atoms with E-state index in [1.807, 2.05) is 0 Å². The number of aromatic nitrogens is 1. The van der Waals surface area contributed by atoms with Crippen LogP contribution in [0.25, 0.3) is 10.9 Å². The van der Waals surface area contributed by atoms with Gasteiger partial charge in [-0.1, -0.05) is 38.1 Å². The maximum atomic E-state index is 14.1. The summed E-state index contributed by atoms with van der Waals surface area (Å²) in [6.45, 7) is 4.91. The molecule has 0 fully saturated rings. The third-order valence-corrected chi connectivity index (χ3v) is 5.41. The van der Waals surface area contributed by atoms with Crippen molar-refractivity contribution in [2.75, 3.05) is 0 Å². The van der Waals surface area contributed by atoms with Crippen LogP contribution in [-0.4, -0.2) is 21.9 Å². The van der Waals surface area contributed by atoms with Crippen LogP contribution in [0.3, 0.4) is 0 Å². The second-order valence-electron chi connectivity index (χ2n) is 8.21. The highest BCUT2D eigenvalue weighted by atomic mass is 19.4. The first-order chi connectivity index (χ1) is 13.4. The second kappa shape index (κ2) is 7.41. The molecule has 0 bridgehead atoms. The van der Waals surface area contributed by atoms with Gasteiger partial charge in [-0.2, -0.15) is 13.2 Å². The van der Waals surface area contributed by atoms with E-state index in [0.29, 0.717) is 27.6 Å². The minimum Gasteiger partial charge on any atom is -0.380 e. The molecule has 0 saturated carbocycles. The molecule has 2 aromatic carbocycles. The summed E-state index contributed by atoms with van der Waals surface area (Å²) in [6.07, 6.45) is -4.64. The van der Waals surface area contributed by atoms with Crippen LogP contribution in [0.4, 0.5) is 17.6 Å². The van der Waals surface area contributed by atoms with Crippen molar-refractivity contribution in [3.05, 3.63) is 77.2 Å². The van der Waals surface area contributed by atoms with E-state index in [1.54, 1.807) is 45.0 Å². The van der Waals surface area contributed by atoms with Crippen LogP contribution in [0.5, 0.6) is 0 Å². The van der Waals surface area contributed by atoms with Crippen LogP contribution in [0.15, 0.2) is 54.7 Å². The molecule has 0 spiro atoms. The number of hydrogen-bond donors (Lipinski definition) is 1. The van der Waals surface area contributed by atoms with E-state index < -0.39 is 35.9 Å². The van der Waals surface area contributed by atoms with Crippen molar-refractivity contribution in [2.24, 2.45) is 0 Å². The zero-order chi connectivity index (χ0) is 21.4. The predicted molar refractivity (Wildman–Crippen MR) is 105 cm³/mol. The van der Waals surface area contributed by atoms with Crippen molar-refractivity contribution < 1.29 is 22.7 Å². The Hall–Kier alpha value is -2.47. The van der Waals surface area contributed by atoms with E-state index in [2.05, 4.69) is 4.98 Å². The van der Waals surface area contributed by atoms with Gasteiger partial charge in [0.05, 0.1) is 5.52 Å². The number of aliphatic hydroxyl groups is 1. The van der Waals surface area contributed by atoms with Crippen molar-refractivity contribution in [1.82, 2.24) is 4.98 Å². The lowest BCUT2D eigenvalue weighted by molar-refractivity contribution is -0.266. The van der Waals surface area contributed by atoms with Gasteiger partial charge in [0.2, 0.25) is 0 Å². The highest BCUT2D eigenvalue weighted by molar-refractivity contribution is 5.81. The number of nitrogens with zero attached hydrogens (tertiary/aromatic N) is 1. The largest absolute Gasteiger partial charge is 0.417 e. The van der Waals surface area contributed by atoms with Gasteiger partial charge in [-0.3, -0.25) is 4.98 Å². The standard InChI is InChI=1S/C23H23F4NO/c1-15-8-9-17(24)12-19(15)21(2,3)14-22(29,23(25,26)27)13-16-10-11-28-20-7-5-4-6-18(16)20/h4-12,29H,13-14H2,1-3H3. The zero-order valence-electron chi connectivity index (χ0n) is 16.5. The summed E-state index contributed by atoms with van der Waals surface area (Å²) < 4.78 is 56.0. The van der Waals surface area contributed by atoms with Gasteiger partial charge in [0.15, 0.2) is 5.60 Å². The molecular formula is C23H23F4NO. The Kier molecular flexibility index (Phi) is 5.43. The molecule has 1 N–H and O–H groups in total. The molecule has 154 valence electrons. The molecule has 0 amide bonds. The van der Waals surface area contributed by atoms with Crippen molar-refractivity contribution in [1.29, 1.82) is 0 Å². The van der Waals surface area contributed by atoms with E-state index in [0.717, 1.165) is 0 Å². The van der Waals surface area contributed by atoms with Gasteiger partial charge in [-0.15, -0.1) is 0 Å². The van der Waals surface area contributed by atoms with Crippen molar-refractivity contribution in [3.8, 4) is 0 Å². The number of rotatable bonds is 5. The van der Waals surface area contributed by atoms with Crippen molar-refractivity contribution >= 4 is 10.9 Å². The zero-order valence-corrected chi connectivity index (χ0v) is 16.5. The lowest BCUT2D eigenvalue weighted by atomic mass is 9.71. The monoisotopic (exact) mass is 405 g/mol. The topological polar surface area (TPSA) is 33.1 Å². The fourth-order valence-corrected chi connectivity index (χ4v) is 4.04. The molecule has 1 unspecified atom stereocenters. The number of aryl methyl sites for hydroxylation is 1. The summed E-state index contributed by atoms with van der Waals surface area (Å²) in [5.41, 5.74) is -2.05. The predicted octanol–water partition coefficient (Wildman–Crippen LogP) is 5.89. The lowest BCUT2D eigenvalue weighted by Crippen LogP contribution is -2.51. The normalized spacial score (nSPS) is 14.8. The molecule has 2 nitrogen and oxygen atoms in total. The molecule has 0 saturated heterocycles. The highest BCUT2D eigenvalue weighted by Crippen LogP contribution is 2.44. The molecule has 1 atom stereocenters. The van der Waals surface area contributed by atoms with E-state index in [-0.39, 0.29) is 0 Å². The van der Waals surface area contributed by atoms with E-state index in [4.69, 9.17) is 0 Å². The third-order valence-electron chi connectivity index (χ3n) is 5.41. The van der Waals surface area contributed by atoms with Crippen LogP contribution in [0, 0.1) is 12.7 Å². The maximum absolute atomic E-state index is 14.1. The number of pyridine rings is 1. The second-order valence-corrected chi connectivity index (χ2v) is 8.21. The van der Waals surface area contributed by atoms with Gasteiger partial charge in [0, 0.05) is 18.0 Å². The molecule has 29 heavy (non-hydrogen) atoms. The molecule has 0 radical (unpaired) electrons. The number of halogens is 4. The Balaban J connectivity index is 2.04. The summed E-state index contributed by atoms with van der Waals surface area (Å²) in [4.78, 5) is 4.17. The molecular weight excluding hydrogens is 382 g/mol. The molecule has 0 aliphatic carbocycles. The van der Waals surface area contributed by atoms with Gasteiger partial charge in [-0.05, 0) is 59.7 Å². The highest BCUT2D eigenvalue weighted by Gasteiger charge is 2.56. The number of para-hydroxylation sites is 1. The fourth-order valence-electron chi connectivity index (χ4n) is 4.04. The van der Waals surface area contributed by atoms with Gasteiger partial charge in [-0.25, -0.2) is 4.39 Å². The molecule has 3 rings (SSSR count). The van der Waals surface area contributed by atoms with Crippen LogP contribution in [0.1, 0.15) is 37.0 Å². The summed E-state index contributed by atoms with van der Waals surface area (Å²) in [5.74, 6) is -0.519. The SMILES string of the molecule is Cc1ccc(F)cc1C(C)(C)CC(O)(Cc1ccnc2ccccc12)C(F)(F)F. The van der Waals surface area contributed by atoms with Crippen LogP contribution in [-0.2, 0) is 11.8 Å². The van der Waals surface area contributed by atoms with Gasteiger partial charge < -0.3 is 5.11 Å². The lowest BCUT2D eigenvalue weighted by Gasteiger charge is -2.39. The third kappa shape index (κ3) is 4.27. The Bertz CT molecular complexity index is 1020. The van der Waals surface area contributed by atoms with Gasteiger partial charge >= 0.3 is 6.18 Å².